The third-order valence-electron chi connectivity index (χ3n) is 3.84. The molecule has 0 spiro atoms. The van der Waals surface area contributed by atoms with Gasteiger partial charge in [0.15, 0.2) is 0 Å². The highest BCUT2D eigenvalue weighted by molar-refractivity contribution is 5.30. The van der Waals surface area contributed by atoms with Gasteiger partial charge in [-0.05, 0) is 30.3 Å². The molecule has 0 saturated heterocycles. The quantitative estimate of drug-likeness (QED) is 0.677. The minimum absolute atomic E-state index is 0.104. The maximum Gasteiger partial charge on any atom is 0.0614 e. The monoisotopic (exact) mass is 192 g/mol. The smallest absolute Gasteiger partial charge is 0.0614 e. The summed E-state index contributed by atoms with van der Waals surface area (Å²) in [7, 11) is 0. The summed E-state index contributed by atoms with van der Waals surface area (Å²) in [6.45, 7) is 4.50. The summed E-state index contributed by atoms with van der Waals surface area (Å²) in [5, 5.41) is 10.0. The van der Waals surface area contributed by atoms with Crippen molar-refractivity contribution >= 4 is 0 Å². The molecule has 78 valence electrons. The Balaban J connectivity index is 2.31. The first-order chi connectivity index (χ1) is 6.74. The van der Waals surface area contributed by atoms with Crippen molar-refractivity contribution in [3.8, 4) is 0 Å². The van der Waals surface area contributed by atoms with Gasteiger partial charge in [-0.25, -0.2) is 0 Å². The molecular weight excluding hydrogens is 172 g/mol. The van der Waals surface area contributed by atoms with Gasteiger partial charge in [0.05, 0.1) is 6.10 Å². The Kier molecular flexibility index (Phi) is 2.78. The number of aliphatic hydroxyl groups excluding tert-OH is 1. The molecule has 0 aromatic rings. The van der Waals surface area contributed by atoms with Crippen molar-refractivity contribution < 1.29 is 5.11 Å². The lowest BCUT2D eigenvalue weighted by Crippen LogP contribution is -2.36. The van der Waals surface area contributed by atoms with Crippen LogP contribution in [0.25, 0.3) is 0 Å². The fraction of sp³-hybridized carbons (Fsp3) is 0.692. The molecule has 4 atom stereocenters. The lowest BCUT2D eigenvalue weighted by molar-refractivity contribution is 0.0652. The zero-order valence-corrected chi connectivity index (χ0v) is 9.11. The van der Waals surface area contributed by atoms with E-state index in [0.29, 0.717) is 17.8 Å². The Morgan fingerprint density at radius 1 is 1.50 bits per heavy atom. The predicted octanol–water partition coefficient (Wildman–Crippen LogP) is 2.92. The summed E-state index contributed by atoms with van der Waals surface area (Å²) in [4.78, 5) is 0. The molecule has 0 fully saturated rings. The summed E-state index contributed by atoms with van der Waals surface area (Å²) < 4.78 is 0. The second-order valence-electron chi connectivity index (χ2n) is 4.66. The Morgan fingerprint density at radius 2 is 2.29 bits per heavy atom. The van der Waals surface area contributed by atoms with Crippen LogP contribution in [0.4, 0.5) is 0 Å². The minimum atomic E-state index is -0.104. The van der Waals surface area contributed by atoms with E-state index in [1.807, 2.05) is 0 Å². The van der Waals surface area contributed by atoms with E-state index in [-0.39, 0.29) is 6.10 Å². The molecule has 1 N–H and O–H groups in total. The Bertz CT molecular complexity index is 264. The molecule has 0 aliphatic heterocycles. The van der Waals surface area contributed by atoms with Gasteiger partial charge in [0.2, 0.25) is 0 Å². The molecule has 0 aromatic carbocycles. The van der Waals surface area contributed by atoms with Crippen molar-refractivity contribution in [2.24, 2.45) is 17.8 Å². The second-order valence-corrected chi connectivity index (χ2v) is 4.66. The topological polar surface area (TPSA) is 20.2 Å². The third kappa shape index (κ3) is 1.54. The van der Waals surface area contributed by atoms with Crippen LogP contribution in [0.5, 0.6) is 0 Å². The highest BCUT2D eigenvalue weighted by atomic mass is 16.3. The SMILES string of the molecule is CC[C@@H]1C2C(=CCC[C@@H]2O)C=C[C@@H]1C. The zero-order chi connectivity index (χ0) is 10.1. The fourth-order valence-electron chi connectivity index (χ4n) is 3.03. The summed E-state index contributed by atoms with van der Waals surface area (Å²) in [5.74, 6) is 1.67. The summed E-state index contributed by atoms with van der Waals surface area (Å²) in [5.41, 5.74) is 1.38. The van der Waals surface area contributed by atoms with Crippen molar-refractivity contribution in [3.05, 3.63) is 23.8 Å². The van der Waals surface area contributed by atoms with Gasteiger partial charge in [0.1, 0.15) is 0 Å². The largest absolute Gasteiger partial charge is 0.392 e. The van der Waals surface area contributed by atoms with Crippen molar-refractivity contribution in [1.82, 2.24) is 0 Å². The van der Waals surface area contributed by atoms with Gasteiger partial charge in [-0.15, -0.1) is 0 Å². The molecule has 1 unspecified atom stereocenters. The first-order valence-electron chi connectivity index (χ1n) is 5.80. The fourth-order valence-corrected chi connectivity index (χ4v) is 3.03. The second kappa shape index (κ2) is 3.90. The number of aliphatic hydroxyl groups is 1. The number of fused-ring (bicyclic) bond motifs is 1. The summed E-state index contributed by atoms with van der Waals surface area (Å²) in [6.07, 6.45) is 9.89. The van der Waals surface area contributed by atoms with Crippen LogP contribution in [0.2, 0.25) is 0 Å². The van der Waals surface area contributed by atoms with Crippen LogP contribution in [0, 0.1) is 17.8 Å². The molecular formula is C13H20O. The molecule has 0 amide bonds. The standard InChI is InChI=1S/C13H20O/c1-3-11-9(2)7-8-10-5-4-6-12(14)13(10)11/h5,7-9,11-14H,3-4,6H2,1-2H3/t9-,11-,12-,13?/m0/s1. The number of hydrogen-bond acceptors (Lipinski definition) is 1. The van der Waals surface area contributed by atoms with Crippen LogP contribution in [-0.2, 0) is 0 Å². The lowest BCUT2D eigenvalue weighted by Gasteiger charge is -2.39. The number of hydrogen-bond donors (Lipinski definition) is 1. The van der Waals surface area contributed by atoms with E-state index in [2.05, 4.69) is 32.1 Å². The zero-order valence-electron chi connectivity index (χ0n) is 9.11. The van der Waals surface area contributed by atoms with Crippen molar-refractivity contribution in [2.45, 2.75) is 39.2 Å². The van der Waals surface area contributed by atoms with Gasteiger partial charge in [0.25, 0.3) is 0 Å². The van der Waals surface area contributed by atoms with Crippen LogP contribution in [-0.4, -0.2) is 11.2 Å². The predicted molar refractivity (Wildman–Crippen MR) is 58.9 cm³/mol. The molecule has 0 saturated carbocycles. The van der Waals surface area contributed by atoms with Crippen LogP contribution >= 0.6 is 0 Å². The molecule has 1 nitrogen and oxygen atoms in total. The first-order valence-corrected chi connectivity index (χ1v) is 5.80. The highest BCUT2D eigenvalue weighted by Gasteiger charge is 2.35. The van der Waals surface area contributed by atoms with Gasteiger partial charge in [-0.1, -0.05) is 38.5 Å². The van der Waals surface area contributed by atoms with Gasteiger partial charge in [-0.3, -0.25) is 0 Å². The average Bonchev–Trinajstić information content (AvgIpc) is 2.19. The molecule has 0 aromatic heterocycles. The van der Waals surface area contributed by atoms with E-state index in [0.717, 1.165) is 12.8 Å². The van der Waals surface area contributed by atoms with Crippen LogP contribution in [0.1, 0.15) is 33.1 Å². The third-order valence-corrected chi connectivity index (χ3v) is 3.84. The Morgan fingerprint density at radius 3 is 3.00 bits per heavy atom. The Hall–Kier alpha value is -0.560. The molecule has 0 heterocycles. The van der Waals surface area contributed by atoms with E-state index in [4.69, 9.17) is 0 Å². The maximum atomic E-state index is 10.0. The summed E-state index contributed by atoms with van der Waals surface area (Å²) in [6, 6.07) is 0. The van der Waals surface area contributed by atoms with Gasteiger partial charge in [0, 0.05) is 5.92 Å². The molecule has 14 heavy (non-hydrogen) atoms. The van der Waals surface area contributed by atoms with Gasteiger partial charge < -0.3 is 5.11 Å². The van der Waals surface area contributed by atoms with Crippen molar-refractivity contribution in [2.75, 3.05) is 0 Å². The van der Waals surface area contributed by atoms with Crippen molar-refractivity contribution in [3.63, 3.8) is 0 Å². The molecule has 2 aliphatic carbocycles. The van der Waals surface area contributed by atoms with Crippen LogP contribution in [0.3, 0.4) is 0 Å². The maximum absolute atomic E-state index is 10.0. The highest BCUT2D eigenvalue weighted by Crippen LogP contribution is 2.41. The summed E-state index contributed by atoms with van der Waals surface area (Å²) >= 11 is 0. The average molecular weight is 192 g/mol. The van der Waals surface area contributed by atoms with E-state index in [9.17, 15) is 5.11 Å². The van der Waals surface area contributed by atoms with Crippen molar-refractivity contribution in [1.29, 1.82) is 0 Å². The van der Waals surface area contributed by atoms with Gasteiger partial charge >= 0.3 is 0 Å². The van der Waals surface area contributed by atoms with Crippen LogP contribution < -0.4 is 0 Å². The van der Waals surface area contributed by atoms with E-state index in [1.54, 1.807) is 0 Å². The minimum Gasteiger partial charge on any atom is -0.392 e. The van der Waals surface area contributed by atoms with E-state index >= 15 is 0 Å². The molecule has 0 radical (unpaired) electrons. The normalized spacial score (nSPS) is 41.8. The van der Waals surface area contributed by atoms with E-state index < -0.39 is 0 Å². The van der Waals surface area contributed by atoms with E-state index in [1.165, 1.54) is 12.0 Å². The molecule has 0 bridgehead atoms. The molecule has 2 rings (SSSR count). The van der Waals surface area contributed by atoms with Gasteiger partial charge in [-0.2, -0.15) is 0 Å². The number of allylic oxidation sites excluding steroid dienone is 3. The van der Waals surface area contributed by atoms with Crippen LogP contribution in [0.15, 0.2) is 23.8 Å². The lowest BCUT2D eigenvalue weighted by atomic mass is 9.67. The molecule has 2 aliphatic rings. The Labute approximate surface area is 86.5 Å². The molecule has 1 heteroatoms. The number of rotatable bonds is 1. The first kappa shape index (κ1) is 9.97.